The Morgan fingerprint density at radius 1 is 1.04 bits per heavy atom. The van der Waals surface area contributed by atoms with Gasteiger partial charge in [0.25, 0.3) is 0 Å². The Hall–Kier alpha value is -1.47. The molecule has 0 saturated carbocycles. The standard InChI is InChI=1S/C16H18ClN3O2S/c17-15-2-1-3-16(12-15)23(21,22)20-10-8-19(9-11-20)13-14-4-6-18-7-5-14/h1-7,12H,8-11,13H2. The Kier molecular flexibility index (Phi) is 4.96. The second-order valence-corrected chi connectivity index (χ2v) is 7.87. The molecule has 2 heterocycles. The quantitative estimate of drug-likeness (QED) is 0.847. The fourth-order valence-electron chi connectivity index (χ4n) is 2.65. The van der Waals surface area contributed by atoms with Crippen LogP contribution in [0.1, 0.15) is 5.56 Å². The van der Waals surface area contributed by atoms with Gasteiger partial charge in [0.05, 0.1) is 4.90 Å². The lowest BCUT2D eigenvalue weighted by atomic mass is 10.2. The van der Waals surface area contributed by atoms with Crippen LogP contribution in [0.3, 0.4) is 0 Å². The van der Waals surface area contributed by atoms with Gasteiger partial charge in [-0.1, -0.05) is 17.7 Å². The van der Waals surface area contributed by atoms with Crippen LogP contribution in [0.2, 0.25) is 5.02 Å². The lowest BCUT2D eigenvalue weighted by Crippen LogP contribution is -2.48. The number of piperazine rings is 1. The average Bonchev–Trinajstić information content (AvgIpc) is 2.56. The van der Waals surface area contributed by atoms with Crippen LogP contribution in [-0.4, -0.2) is 48.8 Å². The number of hydrogen-bond acceptors (Lipinski definition) is 4. The minimum absolute atomic E-state index is 0.257. The highest BCUT2D eigenvalue weighted by molar-refractivity contribution is 7.89. The highest BCUT2D eigenvalue weighted by atomic mass is 35.5. The van der Waals surface area contributed by atoms with E-state index in [-0.39, 0.29) is 4.90 Å². The smallest absolute Gasteiger partial charge is 0.243 e. The molecule has 7 heteroatoms. The highest BCUT2D eigenvalue weighted by Gasteiger charge is 2.28. The summed E-state index contributed by atoms with van der Waals surface area (Å²) in [6, 6.07) is 10.4. The minimum atomic E-state index is -3.47. The van der Waals surface area contributed by atoms with Crippen molar-refractivity contribution < 1.29 is 8.42 Å². The molecule has 0 spiro atoms. The van der Waals surface area contributed by atoms with Gasteiger partial charge in [-0.05, 0) is 35.9 Å². The molecule has 5 nitrogen and oxygen atoms in total. The first-order valence-electron chi connectivity index (χ1n) is 7.43. The van der Waals surface area contributed by atoms with Gasteiger partial charge < -0.3 is 0 Å². The van der Waals surface area contributed by atoms with Gasteiger partial charge in [-0.3, -0.25) is 9.88 Å². The SMILES string of the molecule is O=S(=O)(c1cccc(Cl)c1)N1CCN(Cc2ccncc2)CC1. The van der Waals surface area contributed by atoms with Crippen molar-refractivity contribution >= 4 is 21.6 Å². The van der Waals surface area contributed by atoms with E-state index in [2.05, 4.69) is 9.88 Å². The lowest BCUT2D eigenvalue weighted by molar-refractivity contribution is 0.181. The molecule has 0 amide bonds. The van der Waals surface area contributed by atoms with Gasteiger partial charge in [-0.15, -0.1) is 0 Å². The number of sulfonamides is 1. The molecule has 2 aromatic rings. The van der Waals surface area contributed by atoms with Crippen molar-refractivity contribution in [3.05, 3.63) is 59.4 Å². The number of rotatable bonds is 4. The summed E-state index contributed by atoms with van der Waals surface area (Å²) in [5, 5.41) is 0.433. The number of benzene rings is 1. The van der Waals surface area contributed by atoms with Crippen molar-refractivity contribution in [3.8, 4) is 0 Å². The number of halogens is 1. The Balaban J connectivity index is 1.64. The highest BCUT2D eigenvalue weighted by Crippen LogP contribution is 2.21. The Morgan fingerprint density at radius 2 is 1.74 bits per heavy atom. The molecular weight excluding hydrogens is 334 g/mol. The molecular formula is C16H18ClN3O2S. The average molecular weight is 352 g/mol. The van der Waals surface area contributed by atoms with Crippen molar-refractivity contribution in [3.63, 3.8) is 0 Å². The van der Waals surface area contributed by atoms with Crippen LogP contribution in [-0.2, 0) is 16.6 Å². The second-order valence-electron chi connectivity index (χ2n) is 5.49. The molecule has 0 aliphatic carbocycles. The predicted octanol–water partition coefficient (Wildman–Crippen LogP) is 2.24. The maximum absolute atomic E-state index is 12.6. The first-order chi connectivity index (χ1) is 11.1. The fourth-order valence-corrected chi connectivity index (χ4v) is 4.37. The first-order valence-corrected chi connectivity index (χ1v) is 9.24. The molecule has 1 aromatic heterocycles. The molecule has 1 fully saturated rings. The van der Waals surface area contributed by atoms with E-state index in [9.17, 15) is 8.42 Å². The van der Waals surface area contributed by atoms with Crippen LogP contribution in [0.4, 0.5) is 0 Å². The van der Waals surface area contributed by atoms with Crippen LogP contribution < -0.4 is 0 Å². The summed E-state index contributed by atoms with van der Waals surface area (Å²) in [4.78, 5) is 6.51. The Labute approximate surface area is 141 Å². The largest absolute Gasteiger partial charge is 0.296 e. The summed E-state index contributed by atoms with van der Waals surface area (Å²) in [5.41, 5.74) is 1.19. The van der Waals surface area contributed by atoms with Gasteiger partial charge in [0.2, 0.25) is 10.0 Å². The molecule has 1 aliphatic rings. The van der Waals surface area contributed by atoms with Gasteiger partial charge in [0.1, 0.15) is 0 Å². The molecule has 1 saturated heterocycles. The third-order valence-electron chi connectivity index (χ3n) is 3.92. The van der Waals surface area contributed by atoms with Crippen molar-refractivity contribution in [2.75, 3.05) is 26.2 Å². The molecule has 23 heavy (non-hydrogen) atoms. The van der Waals surface area contributed by atoms with Crippen LogP contribution in [0, 0.1) is 0 Å². The topological polar surface area (TPSA) is 53.5 Å². The lowest BCUT2D eigenvalue weighted by Gasteiger charge is -2.34. The summed E-state index contributed by atoms with van der Waals surface area (Å²) < 4.78 is 26.8. The van der Waals surface area contributed by atoms with Gasteiger partial charge in [0, 0.05) is 50.1 Å². The van der Waals surface area contributed by atoms with Crippen molar-refractivity contribution in [2.45, 2.75) is 11.4 Å². The number of aromatic nitrogens is 1. The molecule has 0 N–H and O–H groups in total. The van der Waals surface area contributed by atoms with Crippen LogP contribution in [0.5, 0.6) is 0 Å². The maximum Gasteiger partial charge on any atom is 0.243 e. The zero-order valence-corrected chi connectivity index (χ0v) is 14.2. The van der Waals surface area contributed by atoms with Crippen LogP contribution in [0.15, 0.2) is 53.7 Å². The van der Waals surface area contributed by atoms with Crippen molar-refractivity contribution in [1.29, 1.82) is 0 Å². The fraction of sp³-hybridized carbons (Fsp3) is 0.312. The molecule has 1 aromatic carbocycles. The predicted molar refractivity (Wildman–Crippen MR) is 89.7 cm³/mol. The van der Waals surface area contributed by atoms with Crippen LogP contribution in [0.25, 0.3) is 0 Å². The summed E-state index contributed by atoms with van der Waals surface area (Å²) in [6.45, 7) is 3.21. The minimum Gasteiger partial charge on any atom is -0.296 e. The van der Waals surface area contributed by atoms with E-state index in [4.69, 9.17) is 11.6 Å². The maximum atomic E-state index is 12.6. The summed E-state index contributed by atoms with van der Waals surface area (Å²) >= 11 is 5.91. The Bertz CT molecular complexity index is 760. The van der Waals surface area contributed by atoms with Gasteiger partial charge >= 0.3 is 0 Å². The van der Waals surface area contributed by atoms with E-state index in [1.165, 1.54) is 15.9 Å². The van der Waals surface area contributed by atoms with Gasteiger partial charge in [-0.2, -0.15) is 4.31 Å². The molecule has 1 aliphatic heterocycles. The zero-order chi connectivity index (χ0) is 16.3. The first kappa shape index (κ1) is 16.4. The summed E-state index contributed by atoms with van der Waals surface area (Å²) in [7, 11) is -3.47. The van der Waals surface area contributed by atoms with E-state index >= 15 is 0 Å². The van der Waals surface area contributed by atoms with Gasteiger partial charge in [0.15, 0.2) is 0 Å². The van der Waals surface area contributed by atoms with Crippen molar-refractivity contribution in [1.82, 2.24) is 14.2 Å². The molecule has 0 radical (unpaired) electrons. The summed E-state index contributed by atoms with van der Waals surface area (Å²) in [5.74, 6) is 0. The third kappa shape index (κ3) is 3.90. The van der Waals surface area contributed by atoms with E-state index in [0.717, 1.165) is 6.54 Å². The van der Waals surface area contributed by atoms with E-state index in [1.54, 1.807) is 30.6 Å². The van der Waals surface area contributed by atoms with Crippen molar-refractivity contribution in [2.24, 2.45) is 0 Å². The molecule has 122 valence electrons. The Morgan fingerprint density at radius 3 is 2.39 bits per heavy atom. The number of nitrogens with zero attached hydrogens (tertiary/aromatic N) is 3. The molecule has 0 atom stereocenters. The second kappa shape index (κ2) is 6.97. The van der Waals surface area contributed by atoms with Gasteiger partial charge in [-0.25, -0.2) is 8.42 Å². The van der Waals surface area contributed by atoms with E-state index < -0.39 is 10.0 Å². The normalized spacial score (nSPS) is 17.3. The van der Waals surface area contributed by atoms with Crippen LogP contribution >= 0.6 is 11.6 Å². The summed E-state index contributed by atoms with van der Waals surface area (Å²) in [6.07, 6.45) is 3.55. The monoisotopic (exact) mass is 351 g/mol. The number of hydrogen-bond donors (Lipinski definition) is 0. The number of pyridine rings is 1. The van der Waals surface area contributed by atoms with E-state index in [1.807, 2.05) is 12.1 Å². The molecule has 3 rings (SSSR count). The zero-order valence-electron chi connectivity index (χ0n) is 12.6. The van der Waals surface area contributed by atoms with E-state index in [0.29, 0.717) is 31.2 Å². The third-order valence-corrected chi connectivity index (χ3v) is 6.05. The molecule has 0 unspecified atom stereocenters. The molecule has 0 bridgehead atoms.